The predicted molar refractivity (Wildman–Crippen MR) is 93.2 cm³/mol. The van der Waals surface area contributed by atoms with E-state index in [2.05, 4.69) is 13.8 Å². The zero-order chi connectivity index (χ0) is 17.9. The first-order valence-corrected chi connectivity index (χ1v) is 9.07. The number of aryl methyl sites for hydroxylation is 1. The zero-order valence-corrected chi connectivity index (χ0v) is 15.1. The first-order chi connectivity index (χ1) is 11.1. The second-order valence-corrected chi connectivity index (χ2v) is 8.72. The van der Waals surface area contributed by atoms with E-state index in [9.17, 15) is 20.4 Å². The maximum atomic E-state index is 11.4. The van der Waals surface area contributed by atoms with Crippen molar-refractivity contribution >= 4 is 0 Å². The largest absolute Gasteiger partial charge is 0.504 e. The summed E-state index contributed by atoms with van der Waals surface area (Å²) in [5, 5.41) is 43.4. The molecule has 4 nitrogen and oxygen atoms in total. The van der Waals surface area contributed by atoms with Crippen molar-refractivity contribution in [1.29, 1.82) is 0 Å². The molecule has 1 saturated carbocycles. The standard InChI is InChI=1S/C20H30O4/c1-11(2)13-10-12-6-7-14-19(3,4)8-5-9-20(14,24)18(23)15(12)17(22)16(13)21/h10-11,14,18,21-24H,5-9H2,1-4H3/t14-,18-,20+/m0/s1. The van der Waals surface area contributed by atoms with Crippen LogP contribution in [-0.2, 0) is 6.42 Å². The second-order valence-electron chi connectivity index (χ2n) is 8.72. The number of hydrogen-bond acceptors (Lipinski definition) is 4. The second kappa shape index (κ2) is 5.63. The topological polar surface area (TPSA) is 80.9 Å². The van der Waals surface area contributed by atoms with E-state index in [0.717, 1.165) is 24.8 Å². The Labute approximate surface area is 144 Å². The number of fused-ring (bicyclic) bond motifs is 2. The summed E-state index contributed by atoms with van der Waals surface area (Å²) in [6.45, 7) is 8.23. The van der Waals surface area contributed by atoms with E-state index in [4.69, 9.17) is 0 Å². The molecule has 0 aromatic heterocycles. The average Bonchev–Trinajstić information content (AvgIpc) is 2.59. The third-order valence-corrected chi connectivity index (χ3v) is 6.44. The molecule has 134 valence electrons. The molecule has 24 heavy (non-hydrogen) atoms. The van der Waals surface area contributed by atoms with Crippen LogP contribution in [0.5, 0.6) is 11.5 Å². The van der Waals surface area contributed by atoms with Gasteiger partial charge in [-0.15, -0.1) is 0 Å². The van der Waals surface area contributed by atoms with Gasteiger partial charge in [0.1, 0.15) is 6.10 Å². The van der Waals surface area contributed by atoms with E-state index in [1.54, 1.807) is 0 Å². The molecule has 0 radical (unpaired) electrons. The van der Waals surface area contributed by atoms with E-state index < -0.39 is 11.7 Å². The monoisotopic (exact) mass is 334 g/mol. The Morgan fingerprint density at radius 1 is 1.12 bits per heavy atom. The molecule has 0 heterocycles. The highest BCUT2D eigenvalue weighted by Gasteiger charge is 2.54. The van der Waals surface area contributed by atoms with Crippen LogP contribution in [0, 0.1) is 11.3 Å². The molecule has 1 aromatic carbocycles. The van der Waals surface area contributed by atoms with Crippen molar-refractivity contribution in [2.24, 2.45) is 11.3 Å². The number of aromatic hydroxyl groups is 2. The number of aliphatic hydroxyl groups excluding tert-OH is 1. The molecule has 2 aliphatic rings. The van der Waals surface area contributed by atoms with Crippen LogP contribution < -0.4 is 0 Å². The molecule has 2 aliphatic carbocycles. The summed E-state index contributed by atoms with van der Waals surface area (Å²) in [5.74, 6) is -0.394. The van der Waals surface area contributed by atoms with Crippen molar-refractivity contribution in [1.82, 2.24) is 0 Å². The Bertz CT molecular complexity index is 650. The van der Waals surface area contributed by atoms with Crippen LogP contribution in [0.2, 0.25) is 0 Å². The Balaban J connectivity index is 2.17. The highest BCUT2D eigenvalue weighted by molar-refractivity contribution is 5.57. The third kappa shape index (κ3) is 2.42. The molecule has 0 aliphatic heterocycles. The summed E-state index contributed by atoms with van der Waals surface area (Å²) in [6, 6.07) is 1.89. The summed E-state index contributed by atoms with van der Waals surface area (Å²) in [6.07, 6.45) is 2.69. The fourth-order valence-corrected chi connectivity index (χ4v) is 5.07. The van der Waals surface area contributed by atoms with E-state index in [1.807, 2.05) is 19.9 Å². The van der Waals surface area contributed by atoms with Crippen molar-refractivity contribution in [2.75, 3.05) is 0 Å². The van der Waals surface area contributed by atoms with Gasteiger partial charge < -0.3 is 20.4 Å². The third-order valence-electron chi connectivity index (χ3n) is 6.44. The average molecular weight is 334 g/mol. The van der Waals surface area contributed by atoms with Crippen molar-refractivity contribution < 1.29 is 20.4 Å². The van der Waals surface area contributed by atoms with Gasteiger partial charge >= 0.3 is 0 Å². The number of aliphatic hydroxyl groups is 2. The van der Waals surface area contributed by atoms with Gasteiger partial charge in [0.15, 0.2) is 11.5 Å². The first-order valence-electron chi connectivity index (χ1n) is 9.07. The SMILES string of the molecule is CC(C)c1cc2c(c(O)c1O)[C@H](O)[C@@]1(O)CCCC(C)(C)[C@@H]1CC2. The van der Waals surface area contributed by atoms with Crippen molar-refractivity contribution in [3.63, 3.8) is 0 Å². The minimum Gasteiger partial charge on any atom is -0.504 e. The highest BCUT2D eigenvalue weighted by atomic mass is 16.3. The maximum Gasteiger partial charge on any atom is 0.164 e. The van der Waals surface area contributed by atoms with Gasteiger partial charge in [-0.25, -0.2) is 0 Å². The lowest BCUT2D eigenvalue weighted by Crippen LogP contribution is -2.52. The van der Waals surface area contributed by atoms with Crippen molar-refractivity contribution in [3.05, 3.63) is 22.8 Å². The van der Waals surface area contributed by atoms with E-state index in [-0.39, 0.29) is 28.7 Å². The molecule has 0 spiro atoms. The predicted octanol–water partition coefficient (Wildman–Crippen LogP) is 3.76. The van der Waals surface area contributed by atoms with E-state index in [0.29, 0.717) is 24.0 Å². The molecule has 1 aromatic rings. The summed E-state index contributed by atoms with van der Waals surface area (Å²) < 4.78 is 0. The minimum atomic E-state index is -1.25. The summed E-state index contributed by atoms with van der Waals surface area (Å²) in [7, 11) is 0. The smallest absolute Gasteiger partial charge is 0.164 e. The van der Waals surface area contributed by atoms with Crippen LogP contribution in [0.25, 0.3) is 0 Å². The molecule has 0 unspecified atom stereocenters. The van der Waals surface area contributed by atoms with Gasteiger partial charge in [0.25, 0.3) is 0 Å². The van der Waals surface area contributed by atoms with Crippen LogP contribution in [0.15, 0.2) is 6.07 Å². The van der Waals surface area contributed by atoms with Crippen molar-refractivity contribution in [3.8, 4) is 11.5 Å². The van der Waals surface area contributed by atoms with Gasteiger partial charge in [0.05, 0.1) is 5.60 Å². The lowest BCUT2D eigenvalue weighted by molar-refractivity contribution is -0.169. The number of benzene rings is 1. The van der Waals surface area contributed by atoms with Crippen LogP contribution in [-0.4, -0.2) is 26.0 Å². The van der Waals surface area contributed by atoms with Crippen LogP contribution in [0.1, 0.15) is 82.1 Å². The van der Waals surface area contributed by atoms with Gasteiger partial charge in [-0.3, -0.25) is 0 Å². The maximum absolute atomic E-state index is 11.4. The molecule has 3 atom stereocenters. The quantitative estimate of drug-likeness (QED) is 0.590. The lowest BCUT2D eigenvalue weighted by atomic mass is 9.58. The van der Waals surface area contributed by atoms with Gasteiger partial charge in [-0.2, -0.15) is 0 Å². The zero-order valence-electron chi connectivity index (χ0n) is 15.1. The highest BCUT2D eigenvalue weighted by Crippen LogP contribution is 2.57. The lowest BCUT2D eigenvalue weighted by Gasteiger charge is -2.50. The molecule has 0 amide bonds. The number of rotatable bonds is 1. The van der Waals surface area contributed by atoms with Crippen LogP contribution >= 0.6 is 0 Å². The Kier molecular flexibility index (Phi) is 4.12. The molecule has 0 bridgehead atoms. The molecule has 3 rings (SSSR count). The van der Waals surface area contributed by atoms with E-state index >= 15 is 0 Å². The number of phenolic OH excluding ortho intramolecular Hbond substituents is 2. The van der Waals surface area contributed by atoms with Crippen LogP contribution in [0.3, 0.4) is 0 Å². The number of phenols is 2. The van der Waals surface area contributed by atoms with Gasteiger partial charge in [-0.05, 0) is 54.9 Å². The fourth-order valence-electron chi connectivity index (χ4n) is 5.07. The Morgan fingerprint density at radius 3 is 2.42 bits per heavy atom. The summed E-state index contributed by atoms with van der Waals surface area (Å²) >= 11 is 0. The van der Waals surface area contributed by atoms with E-state index in [1.165, 1.54) is 0 Å². The molecular formula is C20H30O4. The molecule has 0 saturated heterocycles. The van der Waals surface area contributed by atoms with Gasteiger partial charge in [0, 0.05) is 11.1 Å². The molecule has 4 heteroatoms. The van der Waals surface area contributed by atoms with Gasteiger partial charge in [0.2, 0.25) is 0 Å². The molecule has 1 fully saturated rings. The number of hydrogen-bond donors (Lipinski definition) is 4. The van der Waals surface area contributed by atoms with Gasteiger partial charge in [-0.1, -0.05) is 33.8 Å². The molecular weight excluding hydrogens is 304 g/mol. The minimum absolute atomic E-state index is 0.0369. The summed E-state index contributed by atoms with van der Waals surface area (Å²) in [5.41, 5.74) is 0.541. The van der Waals surface area contributed by atoms with Crippen molar-refractivity contribution in [2.45, 2.75) is 77.4 Å². The summed E-state index contributed by atoms with van der Waals surface area (Å²) in [4.78, 5) is 0. The first kappa shape index (κ1) is 17.6. The van der Waals surface area contributed by atoms with Crippen LogP contribution in [0.4, 0.5) is 0 Å². The Morgan fingerprint density at radius 2 is 1.79 bits per heavy atom. The fraction of sp³-hybridized carbons (Fsp3) is 0.700. The normalized spacial score (nSPS) is 32.1. The molecule has 4 N–H and O–H groups in total. The Hall–Kier alpha value is -1.26.